The van der Waals surface area contributed by atoms with Crippen molar-refractivity contribution in [1.82, 2.24) is 0 Å². The zero-order chi connectivity index (χ0) is 21.1. The second-order valence-corrected chi connectivity index (χ2v) is 4.65. The largest absolute Gasteiger partial charge is 0.422 e. The van der Waals surface area contributed by atoms with Gasteiger partial charge in [-0.05, 0) is 6.07 Å². The molecule has 0 heterocycles. The number of rotatable bonds is 1. The van der Waals surface area contributed by atoms with Crippen LogP contribution < -0.4 is 0 Å². The first kappa shape index (κ1) is 22.2. The molecule has 1 aromatic carbocycles. The van der Waals surface area contributed by atoms with Gasteiger partial charge in [-0.3, -0.25) is 0 Å². The van der Waals surface area contributed by atoms with Crippen LogP contribution in [0.4, 0.5) is 65.9 Å². The van der Waals surface area contributed by atoms with Gasteiger partial charge in [0.2, 0.25) is 0 Å². The van der Waals surface area contributed by atoms with Gasteiger partial charge < -0.3 is 0 Å². The highest BCUT2D eigenvalue weighted by atomic mass is 19.4. The number of hydrogen-bond acceptors (Lipinski definition) is 0. The number of halogens is 15. The third-order valence-corrected chi connectivity index (χ3v) is 3.12. The van der Waals surface area contributed by atoms with Gasteiger partial charge in [0.05, 0.1) is 0 Å². The molecule has 15 heteroatoms. The van der Waals surface area contributed by atoms with E-state index >= 15 is 0 Å². The SMILES string of the molecule is Fc1cc(C(C(F)(F)F)(C(F)(F)F)C(F)(F)F)c(F)c(F)c1C(F)(F)F. The van der Waals surface area contributed by atoms with Crippen molar-refractivity contribution in [2.75, 3.05) is 0 Å². The van der Waals surface area contributed by atoms with Crippen molar-refractivity contribution >= 4 is 0 Å². The first-order chi connectivity index (χ1) is 11.2. The van der Waals surface area contributed by atoms with Crippen LogP contribution in [0.3, 0.4) is 0 Å². The summed E-state index contributed by atoms with van der Waals surface area (Å²) < 4.78 is 192. The Hall–Kier alpha value is -1.83. The summed E-state index contributed by atoms with van der Waals surface area (Å²) in [5.41, 5.74) is -14.2. The molecule has 0 spiro atoms. The molecule has 0 bridgehead atoms. The van der Waals surface area contributed by atoms with Gasteiger partial charge in [-0.15, -0.1) is 0 Å². The van der Waals surface area contributed by atoms with Crippen molar-refractivity contribution < 1.29 is 65.9 Å². The molecule has 0 aliphatic heterocycles. The first-order valence-corrected chi connectivity index (χ1v) is 5.66. The quantitative estimate of drug-likeness (QED) is 0.385. The summed E-state index contributed by atoms with van der Waals surface area (Å²) in [5, 5.41) is 0. The van der Waals surface area contributed by atoms with Crippen LogP contribution in [0.25, 0.3) is 0 Å². The monoisotopic (exact) mass is 418 g/mol. The molecule has 0 saturated carbocycles. The zero-order valence-electron chi connectivity index (χ0n) is 11.2. The summed E-state index contributed by atoms with van der Waals surface area (Å²) in [6, 6.07) is -1.63. The molecule has 0 nitrogen and oxygen atoms in total. The summed E-state index contributed by atoms with van der Waals surface area (Å²) in [7, 11) is 0. The van der Waals surface area contributed by atoms with E-state index in [1.54, 1.807) is 0 Å². The first-order valence-electron chi connectivity index (χ1n) is 5.66. The average molecular weight is 418 g/mol. The summed E-state index contributed by atoms with van der Waals surface area (Å²) >= 11 is 0. The Bertz CT molecular complexity index is 648. The maximum Gasteiger partial charge on any atom is 0.422 e. The average Bonchev–Trinajstić information content (AvgIpc) is 2.28. The molecule has 0 aliphatic carbocycles. The lowest BCUT2D eigenvalue weighted by atomic mass is 9.77. The van der Waals surface area contributed by atoms with E-state index in [-0.39, 0.29) is 0 Å². The zero-order valence-corrected chi connectivity index (χ0v) is 11.2. The van der Waals surface area contributed by atoms with Gasteiger partial charge in [0.25, 0.3) is 5.41 Å². The van der Waals surface area contributed by atoms with Gasteiger partial charge in [0.15, 0.2) is 11.6 Å². The van der Waals surface area contributed by atoms with Gasteiger partial charge in [0, 0.05) is 5.56 Å². The molecule has 0 aromatic heterocycles. The summed E-state index contributed by atoms with van der Waals surface area (Å²) in [4.78, 5) is 0. The van der Waals surface area contributed by atoms with Crippen molar-refractivity contribution in [3.63, 3.8) is 0 Å². The van der Waals surface area contributed by atoms with Crippen LogP contribution in [0.2, 0.25) is 0 Å². The Morgan fingerprint density at radius 3 is 1.15 bits per heavy atom. The predicted octanol–water partition coefficient (Wildman–Crippen LogP) is 6.05. The molecular formula is C11HF15. The molecule has 1 rings (SSSR count). The molecule has 0 N–H and O–H groups in total. The van der Waals surface area contributed by atoms with Gasteiger partial charge in [0.1, 0.15) is 11.4 Å². The van der Waals surface area contributed by atoms with E-state index in [0.29, 0.717) is 0 Å². The topological polar surface area (TPSA) is 0 Å². The molecule has 0 unspecified atom stereocenters. The van der Waals surface area contributed by atoms with E-state index in [0.717, 1.165) is 0 Å². The normalized spacial score (nSPS) is 14.7. The lowest BCUT2D eigenvalue weighted by Crippen LogP contribution is -2.63. The fourth-order valence-electron chi connectivity index (χ4n) is 2.07. The maximum atomic E-state index is 13.5. The molecule has 26 heavy (non-hydrogen) atoms. The fraction of sp³-hybridized carbons (Fsp3) is 0.455. The molecule has 1 aromatic rings. The maximum absolute atomic E-state index is 13.5. The summed E-state index contributed by atoms with van der Waals surface area (Å²) in [6.45, 7) is 0. The molecule has 0 aliphatic rings. The third-order valence-electron chi connectivity index (χ3n) is 3.12. The number of hydrogen-bond donors (Lipinski definition) is 0. The van der Waals surface area contributed by atoms with Crippen LogP contribution in [0.1, 0.15) is 11.1 Å². The molecule has 0 saturated heterocycles. The Kier molecular flexibility index (Phi) is 4.99. The standard InChI is InChI=1S/C11HF15/c12-3-1-2(5(13)6(14)4(3)8(15,16)17)7(9(18,19)20,10(21,22)23)11(24,25)26/h1H. The number of alkyl halides is 12. The van der Waals surface area contributed by atoms with Gasteiger partial charge in [-0.1, -0.05) is 0 Å². The second-order valence-electron chi connectivity index (χ2n) is 4.65. The van der Waals surface area contributed by atoms with Crippen LogP contribution in [0.15, 0.2) is 6.07 Å². The lowest BCUT2D eigenvalue weighted by molar-refractivity contribution is -0.388. The molecule has 0 fully saturated rings. The molecule has 0 atom stereocenters. The minimum atomic E-state index is -7.47. The van der Waals surface area contributed by atoms with E-state index in [4.69, 9.17) is 0 Å². The summed E-state index contributed by atoms with van der Waals surface area (Å²) in [6.07, 6.45) is -28.6. The van der Waals surface area contributed by atoms with E-state index in [1.807, 2.05) is 0 Å². The van der Waals surface area contributed by atoms with Gasteiger partial charge in [-0.2, -0.15) is 52.7 Å². The Morgan fingerprint density at radius 1 is 0.538 bits per heavy atom. The third kappa shape index (κ3) is 3.04. The highest BCUT2D eigenvalue weighted by Gasteiger charge is 2.85. The van der Waals surface area contributed by atoms with E-state index in [2.05, 4.69) is 0 Å². The van der Waals surface area contributed by atoms with Crippen LogP contribution in [0.5, 0.6) is 0 Å². The molecular weight excluding hydrogens is 417 g/mol. The Balaban J connectivity index is 4.17. The van der Waals surface area contributed by atoms with Crippen molar-refractivity contribution in [2.45, 2.75) is 30.1 Å². The van der Waals surface area contributed by atoms with E-state index in [9.17, 15) is 65.9 Å². The van der Waals surface area contributed by atoms with Crippen molar-refractivity contribution in [3.8, 4) is 0 Å². The van der Waals surface area contributed by atoms with Gasteiger partial charge >= 0.3 is 24.7 Å². The van der Waals surface area contributed by atoms with Crippen molar-refractivity contribution in [2.24, 2.45) is 0 Å². The minimum Gasteiger partial charge on any atom is -0.206 e. The predicted molar refractivity (Wildman–Crippen MR) is 51.2 cm³/mol. The van der Waals surface area contributed by atoms with Crippen molar-refractivity contribution in [3.05, 3.63) is 34.6 Å². The fourth-order valence-corrected chi connectivity index (χ4v) is 2.07. The van der Waals surface area contributed by atoms with E-state index in [1.165, 1.54) is 0 Å². The molecule has 150 valence electrons. The highest BCUT2D eigenvalue weighted by molar-refractivity contribution is 5.39. The van der Waals surface area contributed by atoms with Gasteiger partial charge in [-0.25, -0.2) is 13.2 Å². The van der Waals surface area contributed by atoms with E-state index < -0.39 is 64.8 Å². The highest BCUT2D eigenvalue weighted by Crippen LogP contribution is 2.61. The van der Waals surface area contributed by atoms with Crippen LogP contribution >= 0.6 is 0 Å². The van der Waals surface area contributed by atoms with Crippen LogP contribution in [0, 0.1) is 17.5 Å². The lowest BCUT2D eigenvalue weighted by Gasteiger charge is -2.39. The second kappa shape index (κ2) is 5.84. The van der Waals surface area contributed by atoms with Crippen LogP contribution in [-0.4, -0.2) is 18.5 Å². The minimum absolute atomic E-state index is 1.63. The van der Waals surface area contributed by atoms with Crippen LogP contribution in [-0.2, 0) is 11.6 Å². The van der Waals surface area contributed by atoms with Crippen molar-refractivity contribution in [1.29, 1.82) is 0 Å². The Morgan fingerprint density at radius 2 is 0.885 bits per heavy atom. The molecule has 0 amide bonds. The summed E-state index contributed by atoms with van der Waals surface area (Å²) in [5.74, 6) is -10.8. The smallest absolute Gasteiger partial charge is 0.206 e. The Labute approximate surface area is 132 Å². The molecule has 0 radical (unpaired) electrons. The number of benzene rings is 1.